The summed E-state index contributed by atoms with van der Waals surface area (Å²) in [6, 6.07) is -0.971. The number of amides is 2. The lowest BCUT2D eigenvalue weighted by atomic mass is 9.70. The summed E-state index contributed by atoms with van der Waals surface area (Å²) < 4.78 is 24.1. The Hall–Kier alpha value is -2.69. The third-order valence-corrected chi connectivity index (χ3v) is 8.32. The van der Waals surface area contributed by atoms with Crippen molar-refractivity contribution in [1.29, 1.82) is 0 Å². The normalized spacial score (nSPS) is 25.1. The van der Waals surface area contributed by atoms with Crippen molar-refractivity contribution in [3.05, 3.63) is 0 Å². The minimum atomic E-state index is -1.42. The molecule has 0 radical (unpaired) electrons. The standard InChI is InChI=1S/C35H60N2O9/c1-31(2,3)28(40)44-22-19-43-27(25(46-30(42)33(7,8)9)24(22)45-29(41)32(4,5)6)37(20-38)23(26(39)36-34(10,11)12)21-15-17-35(13,14)18-16-21/h20-25,27H,15-19H2,1-14H3,(H,36,39)/t22-,23+,24-,25+,27?/m1/s1. The number of esters is 3. The number of ether oxygens (including phenoxy) is 4. The first-order valence-corrected chi connectivity index (χ1v) is 16.5. The topological polar surface area (TPSA) is 138 Å². The Morgan fingerprint density at radius 2 is 1.20 bits per heavy atom. The molecule has 2 fully saturated rings. The Labute approximate surface area is 276 Å². The second-order valence-electron chi connectivity index (χ2n) is 17.9. The van der Waals surface area contributed by atoms with Gasteiger partial charge in [-0.1, -0.05) is 13.8 Å². The van der Waals surface area contributed by atoms with Crippen LogP contribution in [0.4, 0.5) is 0 Å². The van der Waals surface area contributed by atoms with Gasteiger partial charge in [0.25, 0.3) is 0 Å². The van der Waals surface area contributed by atoms with Crippen LogP contribution in [-0.2, 0) is 42.9 Å². The van der Waals surface area contributed by atoms with Crippen LogP contribution in [0.25, 0.3) is 0 Å². The van der Waals surface area contributed by atoms with E-state index in [0.717, 1.165) is 12.8 Å². The van der Waals surface area contributed by atoms with E-state index < -0.39 is 70.3 Å². The zero-order valence-corrected chi connectivity index (χ0v) is 30.7. The molecular formula is C35H60N2O9. The minimum Gasteiger partial charge on any atom is -0.455 e. The summed E-state index contributed by atoms with van der Waals surface area (Å²) >= 11 is 0. The number of hydrogen-bond acceptors (Lipinski definition) is 9. The van der Waals surface area contributed by atoms with E-state index in [-0.39, 0.29) is 23.8 Å². The number of nitrogens with one attached hydrogen (secondary N) is 1. The van der Waals surface area contributed by atoms with Crippen molar-refractivity contribution in [3.63, 3.8) is 0 Å². The summed E-state index contributed by atoms with van der Waals surface area (Å²) in [5, 5.41) is 3.03. The van der Waals surface area contributed by atoms with Gasteiger partial charge in [-0.15, -0.1) is 0 Å². The van der Waals surface area contributed by atoms with Gasteiger partial charge in [-0.2, -0.15) is 0 Å². The van der Waals surface area contributed by atoms with Gasteiger partial charge in [-0.05, 0) is 120 Å². The molecule has 1 saturated heterocycles. The van der Waals surface area contributed by atoms with Crippen molar-refractivity contribution < 1.29 is 42.9 Å². The molecule has 1 saturated carbocycles. The zero-order chi connectivity index (χ0) is 35.6. The van der Waals surface area contributed by atoms with Crippen LogP contribution < -0.4 is 5.32 Å². The fourth-order valence-corrected chi connectivity index (χ4v) is 5.35. The lowest BCUT2D eigenvalue weighted by Crippen LogP contribution is -2.67. The van der Waals surface area contributed by atoms with Crippen LogP contribution in [0.2, 0.25) is 0 Å². The SMILES string of the molecule is CC1(C)CCC([C@@H](C(=O)NC(C)(C)C)N(C=O)C2OC[C@@H](OC(=O)C(C)(C)C)[C@@H](OC(=O)C(C)(C)C)[C@@H]2OC(=O)C(C)(C)C)CC1. The lowest BCUT2D eigenvalue weighted by Gasteiger charge is -2.48. The average molecular weight is 653 g/mol. The van der Waals surface area contributed by atoms with Crippen LogP contribution in [0.3, 0.4) is 0 Å². The summed E-state index contributed by atoms with van der Waals surface area (Å²) in [4.78, 5) is 68.3. The molecular weight excluding hydrogens is 592 g/mol. The maximum absolute atomic E-state index is 14.0. The van der Waals surface area contributed by atoms with E-state index in [4.69, 9.17) is 18.9 Å². The van der Waals surface area contributed by atoms with Crippen LogP contribution in [0.5, 0.6) is 0 Å². The predicted octanol–water partition coefficient (Wildman–Crippen LogP) is 5.17. The van der Waals surface area contributed by atoms with Crippen molar-refractivity contribution >= 4 is 30.2 Å². The molecule has 2 aliphatic rings. The largest absolute Gasteiger partial charge is 0.455 e. The number of carbonyl (C=O) groups is 5. The molecule has 264 valence electrons. The summed E-state index contributed by atoms with van der Waals surface area (Å²) in [5.41, 5.74) is -3.34. The van der Waals surface area contributed by atoms with Crippen molar-refractivity contribution in [2.45, 2.75) is 159 Å². The smallest absolute Gasteiger partial charge is 0.311 e. The summed E-state index contributed by atoms with van der Waals surface area (Å²) in [5.74, 6) is -2.42. The van der Waals surface area contributed by atoms with Crippen molar-refractivity contribution in [2.24, 2.45) is 27.6 Å². The second-order valence-corrected chi connectivity index (χ2v) is 17.9. The molecule has 2 rings (SSSR count). The number of rotatable bonds is 8. The molecule has 0 spiro atoms. The highest BCUT2D eigenvalue weighted by Crippen LogP contribution is 2.41. The molecule has 1 N–H and O–H groups in total. The van der Waals surface area contributed by atoms with Gasteiger partial charge in [0.05, 0.1) is 22.9 Å². The summed E-state index contributed by atoms with van der Waals surface area (Å²) in [6.45, 7) is 24.8. The molecule has 0 aromatic heterocycles. The number of hydrogen-bond donors (Lipinski definition) is 1. The molecule has 5 atom stereocenters. The van der Waals surface area contributed by atoms with Gasteiger partial charge in [-0.3, -0.25) is 24.0 Å². The molecule has 1 unspecified atom stereocenters. The van der Waals surface area contributed by atoms with Crippen molar-refractivity contribution in [3.8, 4) is 0 Å². The summed E-state index contributed by atoms with van der Waals surface area (Å²) in [6.07, 6.45) is -1.60. The van der Waals surface area contributed by atoms with Gasteiger partial charge >= 0.3 is 17.9 Å². The first-order chi connectivity index (χ1) is 20.7. The third kappa shape index (κ3) is 10.7. The number of carbonyl (C=O) groups excluding carboxylic acids is 5. The molecule has 11 heteroatoms. The summed E-state index contributed by atoms with van der Waals surface area (Å²) in [7, 11) is 0. The van der Waals surface area contributed by atoms with Crippen molar-refractivity contribution in [1.82, 2.24) is 10.2 Å². The molecule has 1 aliphatic heterocycles. The van der Waals surface area contributed by atoms with E-state index in [0.29, 0.717) is 19.3 Å². The Morgan fingerprint density at radius 3 is 1.61 bits per heavy atom. The minimum absolute atomic E-state index is 0.0933. The maximum atomic E-state index is 14.0. The Morgan fingerprint density at radius 1 is 0.761 bits per heavy atom. The van der Waals surface area contributed by atoms with Gasteiger partial charge in [0.15, 0.2) is 24.5 Å². The first-order valence-electron chi connectivity index (χ1n) is 16.5. The Bertz CT molecular complexity index is 1110. The highest BCUT2D eigenvalue weighted by molar-refractivity contribution is 5.85. The maximum Gasteiger partial charge on any atom is 0.311 e. The number of nitrogens with zero attached hydrogens (tertiary/aromatic N) is 1. The van der Waals surface area contributed by atoms with Gasteiger partial charge in [0.1, 0.15) is 6.04 Å². The van der Waals surface area contributed by atoms with E-state index >= 15 is 0 Å². The molecule has 0 bridgehead atoms. The van der Waals surface area contributed by atoms with Crippen LogP contribution >= 0.6 is 0 Å². The molecule has 0 aromatic carbocycles. The predicted molar refractivity (Wildman–Crippen MR) is 173 cm³/mol. The van der Waals surface area contributed by atoms with Crippen LogP contribution in [0.15, 0.2) is 0 Å². The third-order valence-electron chi connectivity index (χ3n) is 8.32. The van der Waals surface area contributed by atoms with Gasteiger partial charge in [-0.25, -0.2) is 0 Å². The van der Waals surface area contributed by atoms with Gasteiger partial charge in [0, 0.05) is 5.54 Å². The van der Waals surface area contributed by atoms with Crippen LogP contribution in [-0.4, -0.2) is 77.9 Å². The van der Waals surface area contributed by atoms with E-state index in [1.54, 1.807) is 62.3 Å². The monoisotopic (exact) mass is 652 g/mol. The zero-order valence-electron chi connectivity index (χ0n) is 30.7. The average Bonchev–Trinajstić information content (AvgIpc) is 2.86. The Kier molecular flexibility index (Phi) is 12.2. The molecule has 1 aliphatic carbocycles. The van der Waals surface area contributed by atoms with Gasteiger partial charge < -0.3 is 29.2 Å². The first kappa shape index (κ1) is 39.5. The highest BCUT2D eigenvalue weighted by atomic mass is 16.7. The molecule has 2 amide bonds. The molecule has 1 heterocycles. The molecule has 0 aromatic rings. The fourth-order valence-electron chi connectivity index (χ4n) is 5.35. The van der Waals surface area contributed by atoms with Crippen molar-refractivity contribution in [2.75, 3.05) is 6.61 Å². The van der Waals surface area contributed by atoms with E-state index in [2.05, 4.69) is 19.2 Å². The van der Waals surface area contributed by atoms with Gasteiger partial charge in [0.2, 0.25) is 12.3 Å². The molecule has 11 nitrogen and oxygen atoms in total. The fraction of sp³-hybridized carbons (Fsp3) is 0.857. The van der Waals surface area contributed by atoms with Crippen LogP contribution in [0.1, 0.15) is 123 Å². The van der Waals surface area contributed by atoms with E-state index in [9.17, 15) is 24.0 Å². The quantitative estimate of drug-likeness (QED) is 0.214. The van der Waals surface area contributed by atoms with Crippen LogP contribution in [0, 0.1) is 27.6 Å². The van der Waals surface area contributed by atoms with E-state index in [1.807, 2.05) is 20.8 Å². The molecule has 46 heavy (non-hydrogen) atoms. The van der Waals surface area contributed by atoms with E-state index in [1.165, 1.54) is 4.90 Å². The lowest BCUT2D eigenvalue weighted by molar-refractivity contribution is -0.258. The highest BCUT2D eigenvalue weighted by Gasteiger charge is 2.54. The Balaban J connectivity index is 2.71. The second kappa shape index (κ2) is 14.2.